The van der Waals surface area contributed by atoms with E-state index in [2.05, 4.69) is 13.8 Å². The molecular weight excluding hydrogens is 192 g/mol. The average molecular weight is 216 g/mol. The van der Waals surface area contributed by atoms with Gasteiger partial charge < -0.3 is 14.9 Å². The topological polar surface area (TPSA) is 49.7 Å². The Hall–Kier alpha value is -0.120. The van der Waals surface area contributed by atoms with Crippen molar-refractivity contribution in [2.24, 2.45) is 5.41 Å². The van der Waals surface area contributed by atoms with E-state index in [1.165, 1.54) is 0 Å². The maximum Gasteiger partial charge on any atom is 0.0798 e. The van der Waals surface area contributed by atoms with Crippen LogP contribution in [0.1, 0.15) is 47.0 Å². The Morgan fingerprint density at radius 3 is 2.27 bits per heavy atom. The smallest absolute Gasteiger partial charge is 0.0798 e. The first-order chi connectivity index (χ1) is 6.68. The summed E-state index contributed by atoms with van der Waals surface area (Å²) in [4.78, 5) is 0. The number of hydrogen-bond acceptors (Lipinski definition) is 3. The lowest BCUT2D eigenvalue weighted by molar-refractivity contribution is 0.00510. The van der Waals surface area contributed by atoms with E-state index >= 15 is 0 Å². The molecule has 0 bridgehead atoms. The summed E-state index contributed by atoms with van der Waals surface area (Å²) in [6.45, 7) is 8.40. The first-order valence-corrected chi connectivity index (χ1v) is 5.70. The molecule has 0 aliphatic carbocycles. The van der Waals surface area contributed by atoms with E-state index in [1.807, 2.05) is 13.8 Å². The molecule has 3 heteroatoms. The number of aliphatic hydroxyl groups is 2. The van der Waals surface area contributed by atoms with Crippen LogP contribution in [0.4, 0.5) is 0 Å². The summed E-state index contributed by atoms with van der Waals surface area (Å²) in [5.41, 5.74) is -0.590. The molecule has 2 unspecified atom stereocenters. The molecule has 2 N–H and O–H groups in total. The first kappa shape index (κ1) is 12.9. The van der Waals surface area contributed by atoms with Gasteiger partial charge in [0.05, 0.1) is 24.4 Å². The maximum absolute atomic E-state index is 9.79. The number of aliphatic hydroxyl groups excluding tert-OH is 1. The van der Waals surface area contributed by atoms with Crippen LogP contribution in [0.25, 0.3) is 0 Å². The molecule has 0 aromatic heterocycles. The zero-order valence-electron chi connectivity index (χ0n) is 10.3. The van der Waals surface area contributed by atoms with Gasteiger partial charge in [-0.3, -0.25) is 0 Å². The van der Waals surface area contributed by atoms with Crippen LogP contribution in [0.2, 0.25) is 0 Å². The molecule has 3 nitrogen and oxygen atoms in total. The molecule has 90 valence electrons. The van der Waals surface area contributed by atoms with Crippen molar-refractivity contribution in [3.05, 3.63) is 0 Å². The van der Waals surface area contributed by atoms with Gasteiger partial charge in [0.1, 0.15) is 0 Å². The van der Waals surface area contributed by atoms with Crippen molar-refractivity contribution in [2.75, 3.05) is 6.61 Å². The predicted octanol–water partition coefficient (Wildman–Crippen LogP) is 1.71. The molecule has 1 aliphatic heterocycles. The molecule has 1 aliphatic rings. The number of hydrogen-bond donors (Lipinski definition) is 2. The zero-order valence-corrected chi connectivity index (χ0v) is 10.3. The van der Waals surface area contributed by atoms with Crippen LogP contribution < -0.4 is 0 Å². The first-order valence-electron chi connectivity index (χ1n) is 5.70. The van der Waals surface area contributed by atoms with Crippen molar-refractivity contribution in [1.82, 2.24) is 0 Å². The quantitative estimate of drug-likeness (QED) is 0.752. The number of ether oxygens (including phenoxy) is 1. The summed E-state index contributed by atoms with van der Waals surface area (Å²) in [6, 6.07) is 0. The van der Waals surface area contributed by atoms with Gasteiger partial charge in [-0.1, -0.05) is 13.8 Å². The van der Waals surface area contributed by atoms with E-state index in [0.29, 0.717) is 6.61 Å². The Kier molecular flexibility index (Phi) is 3.80. The summed E-state index contributed by atoms with van der Waals surface area (Å²) >= 11 is 0. The fourth-order valence-electron chi connectivity index (χ4n) is 2.69. The molecule has 1 saturated heterocycles. The predicted molar refractivity (Wildman–Crippen MR) is 59.7 cm³/mol. The molecule has 0 amide bonds. The maximum atomic E-state index is 9.79. The summed E-state index contributed by atoms with van der Waals surface area (Å²) in [5.74, 6) is 0. The second-order valence-electron chi connectivity index (χ2n) is 6.20. The molecular formula is C12H24O3. The van der Waals surface area contributed by atoms with Crippen molar-refractivity contribution in [3.63, 3.8) is 0 Å². The number of rotatable bonds is 4. The highest BCUT2D eigenvalue weighted by atomic mass is 16.5. The molecule has 0 aromatic carbocycles. The Labute approximate surface area is 92.4 Å². The molecule has 15 heavy (non-hydrogen) atoms. The third kappa shape index (κ3) is 4.96. The highest BCUT2D eigenvalue weighted by Gasteiger charge is 2.33. The van der Waals surface area contributed by atoms with Crippen molar-refractivity contribution in [2.45, 2.75) is 64.8 Å². The van der Waals surface area contributed by atoms with Crippen LogP contribution in [0, 0.1) is 5.41 Å². The fraction of sp³-hybridized carbons (Fsp3) is 1.00. The molecule has 2 atom stereocenters. The van der Waals surface area contributed by atoms with Crippen LogP contribution >= 0.6 is 0 Å². The van der Waals surface area contributed by atoms with E-state index in [1.54, 1.807) is 0 Å². The van der Waals surface area contributed by atoms with Gasteiger partial charge in [0.15, 0.2) is 0 Å². The van der Waals surface area contributed by atoms with Gasteiger partial charge in [0.2, 0.25) is 0 Å². The average Bonchev–Trinajstić information content (AvgIpc) is 2.27. The normalized spacial score (nSPS) is 28.4. The van der Waals surface area contributed by atoms with E-state index in [0.717, 1.165) is 19.3 Å². The van der Waals surface area contributed by atoms with Gasteiger partial charge in [-0.2, -0.15) is 0 Å². The Balaban J connectivity index is 2.42. The van der Waals surface area contributed by atoms with Crippen LogP contribution in [-0.2, 0) is 4.74 Å². The monoisotopic (exact) mass is 216 g/mol. The lowest BCUT2D eigenvalue weighted by atomic mass is 9.77. The van der Waals surface area contributed by atoms with E-state index in [4.69, 9.17) is 4.74 Å². The lowest BCUT2D eigenvalue weighted by Crippen LogP contribution is -2.31. The molecule has 0 radical (unpaired) electrons. The summed E-state index contributed by atoms with van der Waals surface area (Å²) < 4.78 is 5.48. The van der Waals surface area contributed by atoms with Crippen LogP contribution in [-0.4, -0.2) is 34.6 Å². The molecule has 0 aromatic rings. The third-order valence-corrected chi connectivity index (χ3v) is 2.75. The minimum atomic E-state index is -0.638. The summed E-state index contributed by atoms with van der Waals surface area (Å²) in [5, 5.41) is 19.1. The third-order valence-electron chi connectivity index (χ3n) is 2.75. The Morgan fingerprint density at radius 2 is 1.87 bits per heavy atom. The van der Waals surface area contributed by atoms with Crippen LogP contribution in [0.3, 0.4) is 0 Å². The van der Waals surface area contributed by atoms with Gasteiger partial charge in [-0.05, 0) is 32.1 Å². The van der Waals surface area contributed by atoms with Crippen LogP contribution in [0.15, 0.2) is 0 Å². The van der Waals surface area contributed by atoms with Gasteiger partial charge in [-0.25, -0.2) is 0 Å². The largest absolute Gasteiger partial charge is 0.391 e. The molecule has 1 rings (SSSR count). The van der Waals surface area contributed by atoms with E-state index < -0.39 is 5.60 Å². The standard InChI is InChI=1S/C12H24O3/c1-11(2,8-12(3,4)14)6-10-5-9(13)7-15-10/h9-10,13-14H,5-8H2,1-4H3. The molecule has 1 heterocycles. The molecule has 1 fully saturated rings. The van der Waals surface area contributed by atoms with Gasteiger partial charge >= 0.3 is 0 Å². The SMILES string of the molecule is CC(C)(O)CC(C)(C)CC1CC(O)CO1. The second kappa shape index (κ2) is 4.40. The lowest BCUT2D eigenvalue weighted by Gasteiger charge is -2.33. The highest BCUT2D eigenvalue weighted by Crippen LogP contribution is 2.35. The van der Waals surface area contributed by atoms with Crippen molar-refractivity contribution < 1.29 is 14.9 Å². The van der Waals surface area contributed by atoms with E-state index in [9.17, 15) is 10.2 Å². The zero-order chi connectivity index (χ0) is 11.7. The molecule has 0 saturated carbocycles. The van der Waals surface area contributed by atoms with Crippen molar-refractivity contribution in [3.8, 4) is 0 Å². The van der Waals surface area contributed by atoms with Crippen molar-refractivity contribution >= 4 is 0 Å². The summed E-state index contributed by atoms with van der Waals surface area (Å²) in [7, 11) is 0. The Bertz CT molecular complexity index is 205. The Morgan fingerprint density at radius 1 is 1.27 bits per heavy atom. The second-order valence-corrected chi connectivity index (χ2v) is 6.20. The minimum absolute atomic E-state index is 0.0486. The van der Waals surface area contributed by atoms with Gasteiger partial charge in [0, 0.05) is 6.42 Å². The van der Waals surface area contributed by atoms with Gasteiger partial charge in [0.25, 0.3) is 0 Å². The minimum Gasteiger partial charge on any atom is -0.391 e. The van der Waals surface area contributed by atoms with Crippen molar-refractivity contribution in [1.29, 1.82) is 0 Å². The fourth-order valence-corrected chi connectivity index (χ4v) is 2.69. The van der Waals surface area contributed by atoms with E-state index in [-0.39, 0.29) is 17.6 Å². The van der Waals surface area contributed by atoms with Crippen LogP contribution in [0.5, 0.6) is 0 Å². The van der Waals surface area contributed by atoms with Gasteiger partial charge in [-0.15, -0.1) is 0 Å². The molecule has 0 spiro atoms. The summed E-state index contributed by atoms with van der Waals surface area (Å²) in [6.07, 6.45) is 2.23. The highest BCUT2D eigenvalue weighted by molar-refractivity contribution is 4.84.